The zero-order chi connectivity index (χ0) is 19.4. The molecule has 0 aliphatic rings. The standard InChI is InChI=1S/C20H35N5O.HI/c1-6-21-19(23-16-18(26)24-20(2,3)4)22-14-10-11-15-25(5)17-12-8-7-9-13-17;/h7-9,12-13H,6,10-11,14-16H2,1-5H3,(H,24,26)(H2,21,22,23);1H. The van der Waals surface area contributed by atoms with Crippen molar-refractivity contribution in [2.24, 2.45) is 4.99 Å². The largest absolute Gasteiger partial charge is 0.375 e. The molecule has 3 N–H and O–H groups in total. The Bertz CT molecular complexity index is 557. The number of hydrogen-bond acceptors (Lipinski definition) is 3. The van der Waals surface area contributed by atoms with E-state index in [0.717, 1.165) is 32.5 Å². The van der Waals surface area contributed by atoms with Crippen LogP contribution in [0.4, 0.5) is 5.69 Å². The molecular weight excluding hydrogens is 453 g/mol. The number of carbonyl (C=O) groups is 1. The minimum Gasteiger partial charge on any atom is -0.375 e. The molecule has 6 nitrogen and oxygen atoms in total. The third kappa shape index (κ3) is 12.5. The second kappa shape index (κ2) is 13.6. The zero-order valence-corrected chi connectivity index (χ0v) is 19.7. The van der Waals surface area contributed by atoms with E-state index in [1.54, 1.807) is 0 Å². The molecule has 154 valence electrons. The number of para-hydroxylation sites is 1. The van der Waals surface area contributed by atoms with Gasteiger partial charge in [0.05, 0.1) is 0 Å². The van der Waals surface area contributed by atoms with Crippen LogP contribution in [0.5, 0.6) is 0 Å². The summed E-state index contributed by atoms with van der Waals surface area (Å²) in [6.07, 6.45) is 2.12. The number of carbonyl (C=O) groups excluding carboxylic acids is 1. The maximum absolute atomic E-state index is 11.9. The Morgan fingerprint density at radius 2 is 1.78 bits per heavy atom. The van der Waals surface area contributed by atoms with Crippen LogP contribution in [-0.2, 0) is 4.79 Å². The second-order valence-electron chi connectivity index (χ2n) is 7.38. The van der Waals surface area contributed by atoms with E-state index < -0.39 is 0 Å². The molecule has 1 amide bonds. The number of unbranched alkanes of at least 4 members (excludes halogenated alkanes) is 1. The number of nitrogens with one attached hydrogen (secondary N) is 3. The van der Waals surface area contributed by atoms with Crippen LogP contribution in [0.15, 0.2) is 35.3 Å². The number of amides is 1. The number of anilines is 1. The molecule has 0 saturated carbocycles. The first kappa shape index (κ1) is 25.5. The summed E-state index contributed by atoms with van der Waals surface area (Å²) in [6.45, 7) is 10.6. The average molecular weight is 489 g/mol. The lowest BCUT2D eigenvalue weighted by molar-refractivity contribution is -0.121. The molecule has 0 spiro atoms. The Hall–Kier alpha value is -1.51. The van der Waals surface area contributed by atoms with Crippen LogP contribution in [0.25, 0.3) is 0 Å². The number of benzene rings is 1. The SMILES string of the molecule is CCNC(=NCC(=O)NC(C)(C)C)NCCCCN(C)c1ccccc1.I. The normalized spacial score (nSPS) is 11.4. The van der Waals surface area contributed by atoms with Crippen LogP contribution in [0.1, 0.15) is 40.5 Å². The smallest absolute Gasteiger partial charge is 0.242 e. The van der Waals surface area contributed by atoms with Gasteiger partial charge in [-0.3, -0.25) is 4.79 Å². The Morgan fingerprint density at radius 1 is 1.11 bits per heavy atom. The van der Waals surface area contributed by atoms with Gasteiger partial charge in [-0.25, -0.2) is 4.99 Å². The van der Waals surface area contributed by atoms with Gasteiger partial charge in [-0.1, -0.05) is 18.2 Å². The quantitative estimate of drug-likeness (QED) is 0.216. The first-order valence-corrected chi connectivity index (χ1v) is 9.41. The third-order valence-corrected chi connectivity index (χ3v) is 3.65. The van der Waals surface area contributed by atoms with Gasteiger partial charge in [0.2, 0.25) is 5.91 Å². The predicted molar refractivity (Wildman–Crippen MR) is 126 cm³/mol. The molecule has 0 saturated heterocycles. The number of rotatable bonds is 9. The first-order chi connectivity index (χ1) is 12.3. The fourth-order valence-electron chi connectivity index (χ4n) is 2.44. The maximum Gasteiger partial charge on any atom is 0.242 e. The number of hydrogen-bond donors (Lipinski definition) is 3. The zero-order valence-electron chi connectivity index (χ0n) is 17.3. The summed E-state index contributed by atoms with van der Waals surface area (Å²) in [6, 6.07) is 10.4. The van der Waals surface area contributed by atoms with Gasteiger partial charge in [0.25, 0.3) is 0 Å². The van der Waals surface area contributed by atoms with Gasteiger partial charge in [-0.05, 0) is 52.7 Å². The van der Waals surface area contributed by atoms with Gasteiger partial charge in [0.1, 0.15) is 6.54 Å². The molecular formula is C20H36IN5O. The topological polar surface area (TPSA) is 68.8 Å². The Labute approximate surface area is 181 Å². The summed E-state index contributed by atoms with van der Waals surface area (Å²) < 4.78 is 0. The van der Waals surface area contributed by atoms with Gasteiger partial charge in [-0.2, -0.15) is 0 Å². The van der Waals surface area contributed by atoms with E-state index in [9.17, 15) is 4.79 Å². The van der Waals surface area contributed by atoms with Crippen molar-refractivity contribution in [2.45, 2.75) is 46.1 Å². The van der Waals surface area contributed by atoms with Gasteiger partial charge in [0.15, 0.2) is 5.96 Å². The van der Waals surface area contributed by atoms with E-state index in [-0.39, 0.29) is 42.0 Å². The van der Waals surface area contributed by atoms with Gasteiger partial charge < -0.3 is 20.9 Å². The predicted octanol–water partition coefficient (Wildman–Crippen LogP) is 2.99. The van der Waals surface area contributed by atoms with E-state index >= 15 is 0 Å². The molecule has 7 heteroatoms. The van der Waals surface area contributed by atoms with Crippen LogP contribution in [0.2, 0.25) is 0 Å². The molecule has 0 aliphatic carbocycles. The molecule has 0 atom stereocenters. The lowest BCUT2D eigenvalue weighted by atomic mass is 10.1. The summed E-state index contributed by atoms with van der Waals surface area (Å²) in [4.78, 5) is 18.5. The van der Waals surface area contributed by atoms with E-state index in [4.69, 9.17) is 0 Å². The molecule has 0 bridgehead atoms. The molecule has 0 unspecified atom stereocenters. The van der Waals surface area contributed by atoms with Crippen molar-refractivity contribution in [3.8, 4) is 0 Å². The van der Waals surface area contributed by atoms with Gasteiger partial charge in [0, 0.05) is 37.9 Å². The number of guanidine groups is 1. The van der Waals surface area contributed by atoms with Crippen molar-refractivity contribution in [1.29, 1.82) is 0 Å². The minimum absolute atomic E-state index is 0. The average Bonchev–Trinajstić information content (AvgIpc) is 2.58. The van der Waals surface area contributed by atoms with Crippen LogP contribution in [-0.4, -0.2) is 50.6 Å². The molecule has 0 fully saturated rings. The summed E-state index contributed by atoms with van der Waals surface area (Å²) in [5.74, 6) is 0.618. The lowest BCUT2D eigenvalue weighted by Crippen LogP contribution is -2.43. The fourth-order valence-corrected chi connectivity index (χ4v) is 2.44. The van der Waals surface area contributed by atoms with Gasteiger partial charge in [-0.15, -0.1) is 24.0 Å². The highest BCUT2D eigenvalue weighted by Gasteiger charge is 2.13. The first-order valence-electron chi connectivity index (χ1n) is 9.41. The highest BCUT2D eigenvalue weighted by molar-refractivity contribution is 14.0. The Balaban J connectivity index is 0.00000676. The lowest BCUT2D eigenvalue weighted by Gasteiger charge is -2.20. The molecule has 1 aromatic rings. The highest BCUT2D eigenvalue weighted by Crippen LogP contribution is 2.11. The van der Waals surface area contributed by atoms with Crippen molar-refractivity contribution in [2.75, 3.05) is 38.1 Å². The van der Waals surface area contributed by atoms with E-state index in [1.165, 1.54) is 5.69 Å². The molecule has 0 aromatic heterocycles. The van der Waals surface area contributed by atoms with Crippen LogP contribution in [0, 0.1) is 0 Å². The Kier molecular flexibility index (Phi) is 12.9. The summed E-state index contributed by atoms with van der Waals surface area (Å²) in [5.41, 5.74) is 1.00. The van der Waals surface area contributed by atoms with Crippen LogP contribution >= 0.6 is 24.0 Å². The molecule has 0 radical (unpaired) electrons. The van der Waals surface area contributed by atoms with Crippen molar-refractivity contribution >= 4 is 41.5 Å². The van der Waals surface area contributed by atoms with Crippen molar-refractivity contribution in [3.05, 3.63) is 30.3 Å². The van der Waals surface area contributed by atoms with E-state index in [0.29, 0.717) is 5.96 Å². The van der Waals surface area contributed by atoms with E-state index in [2.05, 4.69) is 57.2 Å². The van der Waals surface area contributed by atoms with Crippen molar-refractivity contribution < 1.29 is 4.79 Å². The minimum atomic E-state index is -0.233. The number of aliphatic imine (C=N–C) groups is 1. The second-order valence-corrected chi connectivity index (χ2v) is 7.38. The molecule has 1 aromatic carbocycles. The molecule has 0 heterocycles. The summed E-state index contributed by atoms with van der Waals surface area (Å²) >= 11 is 0. The van der Waals surface area contributed by atoms with Gasteiger partial charge >= 0.3 is 0 Å². The summed E-state index contributed by atoms with van der Waals surface area (Å²) in [7, 11) is 2.11. The molecule has 0 aliphatic heterocycles. The van der Waals surface area contributed by atoms with Crippen molar-refractivity contribution in [3.63, 3.8) is 0 Å². The van der Waals surface area contributed by atoms with Crippen LogP contribution < -0.4 is 20.9 Å². The summed E-state index contributed by atoms with van der Waals surface area (Å²) in [5, 5.41) is 9.38. The van der Waals surface area contributed by atoms with E-state index in [1.807, 2.05) is 33.8 Å². The molecule has 1 rings (SSSR count). The molecule has 27 heavy (non-hydrogen) atoms. The Morgan fingerprint density at radius 3 is 2.37 bits per heavy atom. The van der Waals surface area contributed by atoms with Crippen LogP contribution in [0.3, 0.4) is 0 Å². The highest BCUT2D eigenvalue weighted by atomic mass is 127. The number of halogens is 1. The maximum atomic E-state index is 11.9. The van der Waals surface area contributed by atoms with Crippen molar-refractivity contribution in [1.82, 2.24) is 16.0 Å². The fraction of sp³-hybridized carbons (Fsp3) is 0.600. The monoisotopic (exact) mass is 489 g/mol. The number of nitrogens with zero attached hydrogens (tertiary/aromatic N) is 2. The third-order valence-electron chi connectivity index (χ3n) is 3.65.